The number of H-pyrrole nitrogens is 1. The molecule has 6 nitrogen and oxygen atoms in total. The molecule has 7 heteroatoms. The van der Waals surface area contributed by atoms with Gasteiger partial charge in [0.15, 0.2) is 5.16 Å². The summed E-state index contributed by atoms with van der Waals surface area (Å²) in [5, 5.41) is 11.3. The molecule has 24 heavy (non-hydrogen) atoms. The van der Waals surface area contributed by atoms with Gasteiger partial charge < -0.3 is 4.98 Å². The van der Waals surface area contributed by atoms with E-state index in [1.54, 1.807) is 12.1 Å². The van der Waals surface area contributed by atoms with Crippen LogP contribution in [0.4, 0.5) is 5.69 Å². The molecule has 0 unspecified atom stereocenters. The van der Waals surface area contributed by atoms with Gasteiger partial charge in [0.25, 0.3) is 11.2 Å². The number of nitro benzene ring substituents is 1. The first-order chi connectivity index (χ1) is 11.6. The van der Waals surface area contributed by atoms with Gasteiger partial charge in [0.1, 0.15) is 0 Å². The van der Waals surface area contributed by atoms with Crippen molar-refractivity contribution < 1.29 is 4.92 Å². The zero-order valence-electron chi connectivity index (χ0n) is 12.5. The lowest BCUT2D eigenvalue weighted by atomic mass is 10.1. The van der Waals surface area contributed by atoms with Gasteiger partial charge in [0, 0.05) is 29.5 Å². The third-order valence-corrected chi connectivity index (χ3v) is 4.23. The van der Waals surface area contributed by atoms with E-state index in [4.69, 9.17) is 0 Å². The molecule has 0 saturated carbocycles. The molecule has 0 fully saturated rings. The molecule has 1 N–H and O–H groups in total. The van der Waals surface area contributed by atoms with Crippen LogP contribution in [0.3, 0.4) is 0 Å². The first-order valence-electron chi connectivity index (χ1n) is 7.15. The topological polar surface area (TPSA) is 88.9 Å². The van der Waals surface area contributed by atoms with Gasteiger partial charge in [0.2, 0.25) is 0 Å². The van der Waals surface area contributed by atoms with Gasteiger partial charge in [-0.25, -0.2) is 4.98 Å². The van der Waals surface area contributed by atoms with Crippen LogP contribution >= 0.6 is 11.8 Å². The zero-order chi connectivity index (χ0) is 16.9. The summed E-state index contributed by atoms with van der Waals surface area (Å²) in [6, 6.07) is 17.3. The Bertz CT molecular complexity index is 926. The highest BCUT2D eigenvalue weighted by molar-refractivity contribution is 7.98. The van der Waals surface area contributed by atoms with Crippen LogP contribution in [0.25, 0.3) is 11.3 Å². The van der Waals surface area contributed by atoms with Crippen LogP contribution in [0.1, 0.15) is 5.56 Å². The predicted octanol–water partition coefficient (Wildman–Crippen LogP) is 3.64. The maximum atomic E-state index is 11.8. The van der Waals surface area contributed by atoms with Crippen LogP contribution < -0.4 is 5.56 Å². The van der Waals surface area contributed by atoms with E-state index in [1.807, 2.05) is 30.3 Å². The third-order valence-electron chi connectivity index (χ3n) is 3.29. The molecule has 3 rings (SSSR count). The van der Waals surface area contributed by atoms with E-state index in [0.717, 1.165) is 11.1 Å². The molecule has 0 amide bonds. The average Bonchev–Trinajstić information content (AvgIpc) is 2.60. The molecule has 0 aliphatic heterocycles. The third kappa shape index (κ3) is 3.88. The SMILES string of the molecule is O=c1cc(-c2ccccc2)nc(SCc2cccc([N+](=O)[O-])c2)[nH]1. The number of nitro groups is 1. The Morgan fingerprint density at radius 3 is 2.62 bits per heavy atom. The number of hydrogen-bond donors (Lipinski definition) is 1. The van der Waals surface area contributed by atoms with Crippen molar-refractivity contribution in [3.8, 4) is 11.3 Å². The Morgan fingerprint density at radius 1 is 1.08 bits per heavy atom. The highest BCUT2D eigenvalue weighted by Crippen LogP contribution is 2.23. The Balaban J connectivity index is 1.81. The fourth-order valence-corrected chi connectivity index (χ4v) is 2.99. The maximum Gasteiger partial charge on any atom is 0.269 e. The minimum atomic E-state index is -0.426. The summed E-state index contributed by atoms with van der Waals surface area (Å²) >= 11 is 1.33. The van der Waals surface area contributed by atoms with E-state index in [0.29, 0.717) is 16.6 Å². The van der Waals surface area contributed by atoms with Gasteiger partial charge in [-0.05, 0) is 5.56 Å². The molecule has 2 aromatic carbocycles. The van der Waals surface area contributed by atoms with Gasteiger partial charge in [-0.15, -0.1) is 0 Å². The fourth-order valence-electron chi connectivity index (χ4n) is 2.17. The van der Waals surface area contributed by atoms with Gasteiger partial charge >= 0.3 is 0 Å². The van der Waals surface area contributed by atoms with E-state index in [-0.39, 0.29) is 11.2 Å². The lowest BCUT2D eigenvalue weighted by Gasteiger charge is -2.04. The van der Waals surface area contributed by atoms with Gasteiger partial charge in [-0.3, -0.25) is 14.9 Å². The van der Waals surface area contributed by atoms with Crippen molar-refractivity contribution in [1.82, 2.24) is 9.97 Å². The molecule has 0 saturated heterocycles. The van der Waals surface area contributed by atoms with Crippen molar-refractivity contribution in [2.24, 2.45) is 0 Å². The zero-order valence-corrected chi connectivity index (χ0v) is 13.3. The molecule has 1 aromatic heterocycles. The number of non-ortho nitro benzene ring substituents is 1. The number of aromatic amines is 1. The van der Waals surface area contributed by atoms with Gasteiger partial charge in [0.05, 0.1) is 10.6 Å². The summed E-state index contributed by atoms with van der Waals surface area (Å²) in [5.41, 5.74) is 2.07. The van der Waals surface area contributed by atoms with Crippen LogP contribution in [0.2, 0.25) is 0 Å². The molecule has 0 spiro atoms. The molecule has 3 aromatic rings. The van der Waals surface area contributed by atoms with Gasteiger partial charge in [-0.1, -0.05) is 54.2 Å². The quantitative estimate of drug-likeness (QED) is 0.332. The summed E-state index contributed by atoms with van der Waals surface area (Å²) < 4.78 is 0. The van der Waals surface area contributed by atoms with Crippen LogP contribution in [0, 0.1) is 10.1 Å². The smallest absolute Gasteiger partial charge is 0.269 e. The Hall–Kier alpha value is -2.93. The predicted molar refractivity (Wildman–Crippen MR) is 93.0 cm³/mol. The molecule has 0 aliphatic rings. The van der Waals surface area contributed by atoms with E-state index >= 15 is 0 Å². The van der Waals surface area contributed by atoms with E-state index in [9.17, 15) is 14.9 Å². The number of thioether (sulfide) groups is 1. The number of aromatic nitrogens is 2. The lowest BCUT2D eigenvalue weighted by molar-refractivity contribution is -0.384. The fraction of sp³-hybridized carbons (Fsp3) is 0.0588. The number of rotatable bonds is 5. The molecule has 1 heterocycles. The Morgan fingerprint density at radius 2 is 1.88 bits per heavy atom. The number of benzene rings is 2. The molecule has 0 radical (unpaired) electrons. The van der Waals surface area contributed by atoms with Crippen LogP contribution in [-0.4, -0.2) is 14.9 Å². The van der Waals surface area contributed by atoms with Crippen molar-refractivity contribution in [2.75, 3.05) is 0 Å². The van der Waals surface area contributed by atoms with Crippen molar-refractivity contribution in [3.05, 3.63) is 86.7 Å². The monoisotopic (exact) mass is 339 g/mol. The van der Waals surface area contributed by atoms with E-state index in [1.165, 1.54) is 30.0 Å². The first kappa shape index (κ1) is 15.9. The Labute approximate surface area is 141 Å². The summed E-state index contributed by atoms with van der Waals surface area (Å²) in [7, 11) is 0. The second kappa shape index (κ2) is 7.10. The minimum Gasteiger partial charge on any atom is -0.301 e. The summed E-state index contributed by atoms with van der Waals surface area (Å²) in [4.78, 5) is 29.4. The normalized spacial score (nSPS) is 10.5. The van der Waals surface area contributed by atoms with Gasteiger partial charge in [-0.2, -0.15) is 0 Å². The Kier molecular flexibility index (Phi) is 4.72. The summed E-state index contributed by atoms with van der Waals surface area (Å²) in [5.74, 6) is 0.475. The number of nitrogens with one attached hydrogen (secondary N) is 1. The lowest BCUT2D eigenvalue weighted by Crippen LogP contribution is -2.08. The molecule has 0 aliphatic carbocycles. The van der Waals surface area contributed by atoms with Crippen molar-refractivity contribution in [3.63, 3.8) is 0 Å². The number of nitrogens with zero attached hydrogens (tertiary/aromatic N) is 2. The molecule has 120 valence electrons. The molecular weight excluding hydrogens is 326 g/mol. The number of hydrogen-bond acceptors (Lipinski definition) is 5. The van der Waals surface area contributed by atoms with Crippen LogP contribution in [-0.2, 0) is 5.75 Å². The molecular formula is C17H13N3O3S. The second-order valence-corrected chi connectivity index (χ2v) is 5.98. The minimum absolute atomic E-state index is 0.0487. The maximum absolute atomic E-state index is 11.8. The largest absolute Gasteiger partial charge is 0.301 e. The summed E-state index contributed by atoms with van der Waals surface area (Å²) in [6.45, 7) is 0. The van der Waals surface area contributed by atoms with Crippen molar-refractivity contribution >= 4 is 17.4 Å². The average molecular weight is 339 g/mol. The first-order valence-corrected chi connectivity index (χ1v) is 8.13. The van der Waals surface area contributed by atoms with Crippen LogP contribution in [0.5, 0.6) is 0 Å². The molecule has 0 atom stereocenters. The van der Waals surface area contributed by atoms with E-state index in [2.05, 4.69) is 9.97 Å². The highest BCUT2D eigenvalue weighted by atomic mass is 32.2. The second-order valence-electron chi connectivity index (χ2n) is 5.02. The highest BCUT2D eigenvalue weighted by Gasteiger charge is 2.08. The molecule has 0 bridgehead atoms. The van der Waals surface area contributed by atoms with Crippen LogP contribution in [0.15, 0.2) is 70.6 Å². The van der Waals surface area contributed by atoms with E-state index < -0.39 is 4.92 Å². The van der Waals surface area contributed by atoms with Crippen molar-refractivity contribution in [1.29, 1.82) is 0 Å². The van der Waals surface area contributed by atoms with Crippen molar-refractivity contribution in [2.45, 2.75) is 10.9 Å². The summed E-state index contributed by atoms with van der Waals surface area (Å²) in [6.07, 6.45) is 0. The standard InChI is InChI=1S/C17H13N3O3S/c21-16-10-15(13-6-2-1-3-7-13)18-17(19-16)24-11-12-5-4-8-14(9-12)20(22)23/h1-10H,11H2,(H,18,19,21).